The Morgan fingerprint density at radius 3 is 0.493 bits per heavy atom. The van der Waals surface area contributed by atoms with Crippen LogP contribution in [0.25, 0.3) is 0 Å². The fourth-order valence-electron chi connectivity index (χ4n) is 11.7. The van der Waals surface area contributed by atoms with Crippen LogP contribution in [0.15, 0.2) is 273 Å². The minimum atomic E-state index is -5.18. The van der Waals surface area contributed by atoms with E-state index in [1.807, 2.05) is 54.6 Å². The van der Waals surface area contributed by atoms with Crippen LogP contribution in [0.4, 0.5) is 0 Å². The topological polar surface area (TPSA) is 44.8 Å². The van der Waals surface area contributed by atoms with Gasteiger partial charge in [0.05, 0.1) is 0 Å². The summed E-state index contributed by atoms with van der Waals surface area (Å²) in [5.74, 6) is 0. The van der Waals surface area contributed by atoms with Crippen molar-refractivity contribution in [2.75, 3.05) is 18.5 Å². The van der Waals surface area contributed by atoms with E-state index in [-0.39, 0.29) is 0 Å². The van der Waals surface area contributed by atoms with E-state index in [1.165, 1.54) is 0 Å². The molecule has 0 aliphatic heterocycles. The van der Waals surface area contributed by atoms with Crippen LogP contribution < -0.4 is 47.7 Å². The molecule has 0 N–H and O–H groups in total. The molecule has 0 amide bonds. The molecule has 9 aromatic carbocycles. The number of rotatable bonds is 21. The van der Waals surface area contributed by atoms with Crippen LogP contribution in [0, 0.1) is 0 Å². The molecular formula is C63H66O4P4. The Balaban J connectivity index is 1.56. The molecule has 0 spiro atoms. The van der Waals surface area contributed by atoms with E-state index in [9.17, 15) is 0 Å². The molecule has 0 saturated carbocycles. The van der Waals surface area contributed by atoms with Crippen molar-refractivity contribution in [2.24, 2.45) is 0 Å². The van der Waals surface area contributed by atoms with Crippen molar-refractivity contribution in [3.63, 3.8) is 0 Å². The van der Waals surface area contributed by atoms with E-state index < -0.39 is 28.3 Å². The van der Waals surface area contributed by atoms with Gasteiger partial charge in [0, 0.05) is 0 Å². The Kier molecular flexibility index (Phi) is 14.8. The average Bonchev–Trinajstić information content (AvgIpc) is 3.45. The zero-order valence-corrected chi connectivity index (χ0v) is 44.7. The molecule has 0 aliphatic carbocycles. The van der Waals surface area contributed by atoms with Crippen LogP contribution in [0.2, 0.25) is 0 Å². The van der Waals surface area contributed by atoms with Gasteiger partial charge in [-0.1, -0.05) is 0 Å². The average molecular weight is 1010 g/mol. The van der Waals surface area contributed by atoms with E-state index in [0.29, 0.717) is 37.7 Å². The monoisotopic (exact) mass is 1010 g/mol. The van der Waals surface area contributed by atoms with Crippen LogP contribution in [-0.4, -0.2) is 18.5 Å². The Hall–Kier alpha value is -5.62. The molecule has 0 atom stereocenters. The molecule has 0 radical (unpaired) electrons. The summed E-state index contributed by atoms with van der Waals surface area (Å²) in [5.41, 5.74) is 0. The number of phosphoric acid groups is 1. The summed E-state index contributed by atoms with van der Waals surface area (Å²) in [5, 5.41) is 8.46. The predicted molar refractivity (Wildman–Crippen MR) is 312 cm³/mol. The molecular weight excluding hydrogens is 945 g/mol. The molecule has 0 unspecified atom stereocenters. The van der Waals surface area contributed by atoms with Crippen LogP contribution >= 0.6 is 28.3 Å². The van der Waals surface area contributed by atoms with Crippen molar-refractivity contribution in [3.8, 4) is 0 Å². The Bertz CT molecular complexity index is 2510. The van der Waals surface area contributed by atoms with Gasteiger partial charge in [0.2, 0.25) is 0 Å². The summed E-state index contributed by atoms with van der Waals surface area (Å²) in [7, 11) is -5.18. The van der Waals surface area contributed by atoms with Crippen LogP contribution in [0.1, 0.15) is 40.0 Å². The van der Waals surface area contributed by atoms with Crippen molar-refractivity contribution in [1.82, 2.24) is 0 Å². The number of hydrogen-bond acceptors (Lipinski definition) is 4. The zero-order valence-electron chi connectivity index (χ0n) is 41.1. The predicted octanol–water partition coefficient (Wildman–Crippen LogP) is 13.7. The van der Waals surface area contributed by atoms with Gasteiger partial charge in [-0.3, -0.25) is 0 Å². The summed E-state index contributed by atoms with van der Waals surface area (Å²) < 4.78 is 45.4. The van der Waals surface area contributed by atoms with E-state index in [0.717, 1.165) is 47.7 Å². The molecule has 362 valence electrons. The first-order valence-corrected chi connectivity index (χ1v) is 33.5. The van der Waals surface area contributed by atoms with Crippen molar-refractivity contribution < 1.29 is 17.5 Å². The number of hydrogen-bond donors (Lipinski definition) is 0. The Morgan fingerprint density at radius 1 is 0.254 bits per heavy atom. The molecule has 9 rings (SSSR count). The standard InChI is InChI=1S/C63H66O4P4/c1-4-52-69(55-34-16-7-17-35-55,56-36-18-8-19-37-56,57-38-20-9-21-39-57)65-68(64,66-70(53-5-2,58-40-22-10-23-41-58,59-42-24-11-25-43-59)60-44-26-12-27-45-60)67-71(54-6-3,61-46-28-13-29-47-61,62-48-30-14-31-49-62)63-50-32-15-33-51-63/h7-51H,4-6,52-54H2,1-3H3. The second-order valence-electron chi connectivity index (χ2n) is 18.5. The van der Waals surface area contributed by atoms with Gasteiger partial charge in [-0.25, -0.2) is 0 Å². The summed E-state index contributed by atoms with van der Waals surface area (Å²) in [6.45, 7) is -7.06. The van der Waals surface area contributed by atoms with Crippen LogP contribution in [0.5, 0.6) is 0 Å². The first-order chi connectivity index (χ1) is 34.8. The molecule has 9 aromatic rings. The fourth-order valence-corrected chi connectivity index (χ4v) is 37.4. The summed E-state index contributed by atoms with van der Waals surface area (Å²) in [4.78, 5) is 0. The third-order valence-electron chi connectivity index (χ3n) is 14.5. The van der Waals surface area contributed by atoms with E-state index >= 15 is 4.57 Å². The second-order valence-corrected chi connectivity index (χ2v) is 34.6. The van der Waals surface area contributed by atoms with Gasteiger partial charge in [-0.15, -0.1) is 0 Å². The van der Waals surface area contributed by atoms with Crippen molar-refractivity contribution >= 4 is 76.1 Å². The van der Waals surface area contributed by atoms with Gasteiger partial charge in [0.1, 0.15) is 0 Å². The zero-order chi connectivity index (χ0) is 49.2. The molecule has 71 heavy (non-hydrogen) atoms. The number of benzene rings is 9. The van der Waals surface area contributed by atoms with Crippen LogP contribution in [-0.2, 0) is 17.5 Å². The van der Waals surface area contributed by atoms with Gasteiger partial charge in [-0.2, -0.15) is 0 Å². The SMILES string of the molecule is CCCP(OP(=O)(OP(CCC)(c1ccccc1)(c1ccccc1)c1ccccc1)OP(CCC)(c1ccccc1)(c1ccccc1)c1ccccc1)(c1ccccc1)(c1ccccc1)c1ccccc1. The van der Waals surface area contributed by atoms with Gasteiger partial charge in [0.15, 0.2) is 0 Å². The van der Waals surface area contributed by atoms with Crippen LogP contribution in [0.3, 0.4) is 0 Å². The van der Waals surface area contributed by atoms with E-state index in [1.54, 1.807) is 0 Å². The summed E-state index contributed by atoms with van der Waals surface area (Å²) in [6.07, 6.45) is 3.62. The molecule has 8 heteroatoms. The van der Waals surface area contributed by atoms with Gasteiger partial charge < -0.3 is 0 Å². The van der Waals surface area contributed by atoms with Crippen molar-refractivity contribution in [1.29, 1.82) is 0 Å². The van der Waals surface area contributed by atoms with E-state index in [2.05, 4.69) is 239 Å². The maximum atomic E-state index is 19.3. The first kappa shape index (κ1) is 50.3. The van der Waals surface area contributed by atoms with E-state index in [4.69, 9.17) is 12.9 Å². The van der Waals surface area contributed by atoms with Gasteiger partial charge >= 0.3 is 425 Å². The van der Waals surface area contributed by atoms with Gasteiger partial charge in [0.25, 0.3) is 0 Å². The summed E-state index contributed by atoms with van der Waals surface area (Å²) >= 11 is 0. The third kappa shape index (κ3) is 8.24. The molecule has 0 saturated heterocycles. The normalized spacial score (nSPS) is 14.6. The Morgan fingerprint density at radius 2 is 0.380 bits per heavy atom. The molecule has 0 heterocycles. The molecule has 0 bridgehead atoms. The molecule has 0 aliphatic rings. The maximum absolute atomic E-state index is 19.3. The third-order valence-corrected chi connectivity index (χ3v) is 37.7. The Labute approximate surface area is 422 Å². The minimum absolute atomic E-state index is 0.512. The fraction of sp³-hybridized carbons (Fsp3) is 0.143. The molecule has 0 aromatic heterocycles. The summed E-state index contributed by atoms with van der Waals surface area (Å²) in [6, 6.07) is 95.0. The second kappa shape index (κ2) is 20.8. The van der Waals surface area contributed by atoms with Crippen molar-refractivity contribution in [2.45, 2.75) is 40.0 Å². The molecule has 4 nitrogen and oxygen atoms in total. The first-order valence-electron chi connectivity index (χ1n) is 25.1. The molecule has 0 fully saturated rings. The van der Waals surface area contributed by atoms with Crippen molar-refractivity contribution in [3.05, 3.63) is 273 Å². The van der Waals surface area contributed by atoms with Gasteiger partial charge in [-0.05, 0) is 0 Å². The quantitative estimate of drug-likeness (QED) is 0.0673.